The van der Waals surface area contributed by atoms with E-state index >= 15 is 0 Å². The second-order valence-electron chi connectivity index (χ2n) is 7.76. The van der Waals surface area contributed by atoms with Gasteiger partial charge in [-0.3, -0.25) is 13.8 Å². The van der Waals surface area contributed by atoms with Crippen LogP contribution in [0.25, 0.3) is 16.7 Å². The normalized spacial score (nSPS) is 18.0. The topological polar surface area (TPSA) is 117 Å². The number of thioether (sulfide) groups is 1. The maximum absolute atomic E-state index is 12.6. The molecule has 1 aromatic carbocycles. The van der Waals surface area contributed by atoms with Crippen molar-refractivity contribution in [3.8, 4) is 0 Å². The standard InChI is InChI=1S/C20H21N7O3S2/c1-3-9-26-17(13-8-10-32(29,30)12-13)22-24-20(26)31-11-16-21-23-19-25(2)18(28)14-6-4-5-7-15(14)27(16)19/h3-7,13H,1,8-12H2,2H3/t13-/m0/s1. The van der Waals surface area contributed by atoms with E-state index in [0.29, 0.717) is 46.7 Å². The Morgan fingerprint density at radius 1 is 1.22 bits per heavy atom. The molecule has 0 radical (unpaired) electrons. The van der Waals surface area contributed by atoms with Crippen LogP contribution in [-0.2, 0) is 29.2 Å². The summed E-state index contributed by atoms with van der Waals surface area (Å²) in [5.41, 5.74) is 0.622. The summed E-state index contributed by atoms with van der Waals surface area (Å²) in [6.07, 6.45) is 2.30. The van der Waals surface area contributed by atoms with Gasteiger partial charge in [0.2, 0.25) is 5.78 Å². The molecule has 1 saturated heterocycles. The number of benzene rings is 1. The summed E-state index contributed by atoms with van der Waals surface area (Å²) < 4.78 is 29.1. The number of aryl methyl sites for hydroxylation is 1. The van der Waals surface area contributed by atoms with Gasteiger partial charge >= 0.3 is 0 Å². The fraction of sp³-hybridized carbons (Fsp3) is 0.350. The fourth-order valence-electron chi connectivity index (χ4n) is 4.12. The van der Waals surface area contributed by atoms with Crippen LogP contribution in [0.15, 0.2) is 46.9 Å². The van der Waals surface area contributed by atoms with Crippen molar-refractivity contribution >= 4 is 38.3 Å². The molecular weight excluding hydrogens is 450 g/mol. The van der Waals surface area contributed by atoms with Gasteiger partial charge in [0.05, 0.1) is 28.2 Å². The van der Waals surface area contributed by atoms with E-state index in [1.54, 1.807) is 19.2 Å². The maximum Gasteiger partial charge on any atom is 0.262 e. The quantitative estimate of drug-likeness (QED) is 0.307. The third kappa shape index (κ3) is 3.43. The summed E-state index contributed by atoms with van der Waals surface area (Å²) in [4.78, 5) is 12.6. The van der Waals surface area contributed by atoms with E-state index < -0.39 is 9.84 Å². The molecule has 0 saturated carbocycles. The summed E-state index contributed by atoms with van der Waals surface area (Å²) >= 11 is 1.44. The van der Waals surface area contributed by atoms with Crippen molar-refractivity contribution in [1.82, 2.24) is 33.9 Å². The van der Waals surface area contributed by atoms with E-state index in [9.17, 15) is 13.2 Å². The first-order valence-corrected chi connectivity index (χ1v) is 12.9. The molecular formula is C20H21N7O3S2. The molecule has 1 atom stereocenters. The minimum absolute atomic E-state index is 0.0990. The number of hydrogen-bond donors (Lipinski definition) is 0. The lowest BCUT2D eigenvalue weighted by molar-refractivity contribution is 0.597. The zero-order valence-corrected chi connectivity index (χ0v) is 19.0. The van der Waals surface area contributed by atoms with Crippen molar-refractivity contribution in [2.45, 2.75) is 29.8 Å². The first kappa shape index (κ1) is 20.9. The van der Waals surface area contributed by atoms with Gasteiger partial charge in [-0.05, 0) is 18.6 Å². The predicted molar refractivity (Wildman–Crippen MR) is 122 cm³/mol. The van der Waals surface area contributed by atoms with Gasteiger partial charge in [0.25, 0.3) is 5.56 Å². The second kappa shape index (κ2) is 7.85. The molecule has 0 unspecified atom stereocenters. The molecule has 0 aliphatic carbocycles. The number of para-hydroxylation sites is 1. The number of sulfone groups is 1. The summed E-state index contributed by atoms with van der Waals surface area (Å²) in [7, 11) is -1.35. The molecule has 0 bridgehead atoms. The Morgan fingerprint density at radius 2 is 2.03 bits per heavy atom. The van der Waals surface area contributed by atoms with Crippen molar-refractivity contribution in [2.75, 3.05) is 11.5 Å². The summed E-state index contributed by atoms with van der Waals surface area (Å²) in [6, 6.07) is 7.37. The third-order valence-electron chi connectivity index (χ3n) is 5.68. The van der Waals surface area contributed by atoms with E-state index in [2.05, 4.69) is 27.0 Å². The molecule has 1 aliphatic rings. The van der Waals surface area contributed by atoms with Crippen LogP contribution < -0.4 is 5.56 Å². The van der Waals surface area contributed by atoms with E-state index in [4.69, 9.17) is 0 Å². The summed E-state index contributed by atoms with van der Waals surface area (Å²) in [6.45, 7) is 4.30. The SMILES string of the molecule is C=CCn1c(SCc2nnc3n(C)c(=O)c4ccccc4n23)nnc1[C@H]1CCS(=O)(=O)C1. The number of allylic oxidation sites excluding steroid dienone is 1. The number of fused-ring (bicyclic) bond motifs is 3. The highest BCUT2D eigenvalue weighted by Crippen LogP contribution is 2.31. The molecule has 4 heterocycles. The van der Waals surface area contributed by atoms with Crippen LogP contribution in [0.1, 0.15) is 24.0 Å². The lowest BCUT2D eigenvalue weighted by Crippen LogP contribution is -2.20. The molecule has 5 rings (SSSR count). The molecule has 1 aliphatic heterocycles. The van der Waals surface area contributed by atoms with Crippen LogP contribution in [0, 0.1) is 0 Å². The van der Waals surface area contributed by atoms with E-state index in [1.807, 2.05) is 27.2 Å². The molecule has 0 spiro atoms. The molecule has 10 nitrogen and oxygen atoms in total. The van der Waals surface area contributed by atoms with Gasteiger partial charge in [-0.15, -0.1) is 27.0 Å². The van der Waals surface area contributed by atoms with E-state index in [0.717, 1.165) is 5.52 Å². The van der Waals surface area contributed by atoms with Crippen LogP contribution >= 0.6 is 11.8 Å². The van der Waals surface area contributed by atoms with Gasteiger partial charge < -0.3 is 4.57 Å². The van der Waals surface area contributed by atoms with Crippen LogP contribution in [0.5, 0.6) is 0 Å². The number of rotatable bonds is 6. The van der Waals surface area contributed by atoms with Crippen LogP contribution in [0.3, 0.4) is 0 Å². The number of nitrogens with zero attached hydrogens (tertiary/aromatic N) is 7. The van der Waals surface area contributed by atoms with Gasteiger partial charge in [-0.2, -0.15) is 0 Å². The Balaban J connectivity index is 1.50. The molecule has 166 valence electrons. The minimum Gasteiger partial charge on any atom is -0.302 e. The Hall–Kier alpha value is -2.99. The Bertz CT molecular complexity index is 1520. The van der Waals surface area contributed by atoms with Crippen molar-refractivity contribution < 1.29 is 8.42 Å². The van der Waals surface area contributed by atoms with Crippen molar-refractivity contribution in [1.29, 1.82) is 0 Å². The number of aromatic nitrogens is 7. The first-order valence-electron chi connectivity index (χ1n) is 10.1. The van der Waals surface area contributed by atoms with Crippen LogP contribution in [-0.4, -0.2) is 53.9 Å². The lowest BCUT2D eigenvalue weighted by Gasteiger charge is -2.11. The molecule has 1 fully saturated rings. The smallest absolute Gasteiger partial charge is 0.262 e. The average Bonchev–Trinajstić information content (AvgIpc) is 3.47. The van der Waals surface area contributed by atoms with Crippen LogP contribution in [0.4, 0.5) is 0 Å². The molecule has 4 aromatic rings. The van der Waals surface area contributed by atoms with E-state index in [-0.39, 0.29) is 23.0 Å². The highest BCUT2D eigenvalue weighted by Gasteiger charge is 2.33. The zero-order valence-electron chi connectivity index (χ0n) is 17.4. The molecule has 0 amide bonds. The van der Waals surface area contributed by atoms with Gasteiger partial charge in [0, 0.05) is 19.5 Å². The molecule has 0 N–H and O–H groups in total. The monoisotopic (exact) mass is 471 g/mol. The van der Waals surface area contributed by atoms with Crippen molar-refractivity contribution in [3.63, 3.8) is 0 Å². The Labute approximate surface area is 187 Å². The zero-order chi connectivity index (χ0) is 22.5. The third-order valence-corrected chi connectivity index (χ3v) is 8.41. The molecule has 12 heteroatoms. The Kier molecular flexibility index (Phi) is 5.13. The summed E-state index contributed by atoms with van der Waals surface area (Å²) in [5.74, 6) is 2.38. The maximum atomic E-state index is 12.6. The van der Waals surface area contributed by atoms with Gasteiger partial charge in [0.15, 0.2) is 15.0 Å². The van der Waals surface area contributed by atoms with Gasteiger partial charge in [0.1, 0.15) is 11.6 Å². The predicted octanol–water partition coefficient (Wildman–Crippen LogP) is 1.55. The van der Waals surface area contributed by atoms with E-state index in [1.165, 1.54) is 16.3 Å². The van der Waals surface area contributed by atoms with Gasteiger partial charge in [-0.25, -0.2) is 8.42 Å². The minimum atomic E-state index is -3.03. The fourth-order valence-corrected chi connectivity index (χ4v) is 6.73. The number of hydrogen-bond acceptors (Lipinski definition) is 8. The summed E-state index contributed by atoms with van der Waals surface area (Å²) in [5, 5.41) is 18.4. The average molecular weight is 472 g/mol. The first-order chi connectivity index (χ1) is 15.4. The highest BCUT2D eigenvalue weighted by atomic mass is 32.2. The molecule has 3 aromatic heterocycles. The van der Waals surface area contributed by atoms with Gasteiger partial charge in [-0.1, -0.05) is 30.0 Å². The largest absolute Gasteiger partial charge is 0.302 e. The lowest BCUT2D eigenvalue weighted by atomic mass is 10.1. The highest BCUT2D eigenvalue weighted by molar-refractivity contribution is 7.98. The molecule has 32 heavy (non-hydrogen) atoms. The Morgan fingerprint density at radius 3 is 2.78 bits per heavy atom. The van der Waals surface area contributed by atoms with Crippen molar-refractivity contribution in [3.05, 3.63) is 58.9 Å². The van der Waals surface area contributed by atoms with Crippen molar-refractivity contribution in [2.24, 2.45) is 7.05 Å². The second-order valence-corrected chi connectivity index (χ2v) is 10.9. The van der Waals surface area contributed by atoms with Crippen LogP contribution in [0.2, 0.25) is 0 Å².